The first-order valence-corrected chi connectivity index (χ1v) is 5.23. The fraction of sp³-hybridized carbons (Fsp3) is 0.545. The van der Waals surface area contributed by atoms with Crippen molar-refractivity contribution in [3.05, 3.63) is 23.7 Å². The number of hydrogen-bond donors (Lipinski definition) is 2. The van der Waals surface area contributed by atoms with Crippen LogP contribution in [0.5, 0.6) is 0 Å². The SMILES string of the molecule is Cc1ccoc1C(=O)NC[C@@]1(O)CCOC1. The van der Waals surface area contributed by atoms with Gasteiger partial charge in [0.25, 0.3) is 5.91 Å². The van der Waals surface area contributed by atoms with Crippen LogP contribution >= 0.6 is 0 Å². The lowest BCUT2D eigenvalue weighted by Crippen LogP contribution is -2.43. The third-order valence-corrected chi connectivity index (χ3v) is 2.73. The normalized spacial score (nSPS) is 24.6. The van der Waals surface area contributed by atoms with Crippen LogP contribution < -0.4 is 5.32 Å². The van der Waals surface area contributed by atoms with E-state index >= 15 is 0 Å². The van der Waals surface area contributed by atoms with Crippen molar-refractivity contribution in [2.45, 2.75) is 18.9 Å². The highest BCUT2D eigenvalue weighted by Crippen LogP contribution is 2.17. The Morgan fingerprint density at radius 3 is 3.06 bits per heavy atom. The van der Waals surface area contributed by atoms with E-state index in [4.69, 9.17) is 9.15 Å². The summed E-state index contributed by atoms with van der Waals surface area (Å²) < 4.78 is 10.1. The van der Waals surface area contributed by atoms with E-state index in [1.807, 2.05) is 0 Å². The van der Waals surface area contributed by atoms with E-state index in [0.29, 0.717) is 18.8 Å². The van der Waals surface area contributed by atoms with Crippen LogP contribution in [-0.2, 0) is 4.74 Å². The molecule has 88 valence electrons. The fourth-order valence-corrected chi connectivity index (χ4v) is 1.67. The molecule has 0 aliphatic carbocycles. The van der Waals surface area contributed by atoms with Gasteiger partial charge in [-0.1, -0.05) is 0 Å². The molecule has 1 aromatic rings. The topological polar surface area (TPSA) is 71.7 Å². The maximum Gasteiger partial charge on any atom is 0.287 e. The van der Waals surface area contributed by atoms with Crippen molar-refractivity contribution in [1.82, 2.24) is 5.32 Å². The van der Waals surface area contributed by atoms with Gasteiger partial charge in [0.2, 0.25) is 0 Å². The maximum absolute atomic E-state index is 11.7. The number of furan rings is 1. The van der Waals surface area contributed by atoms with Gasteiger partial charge < -0.3 is 19.6 Å². The van der Waals surface area contributed by atoms with Gasteiger partial charge in [0.15, 0.2) is 5.76 Å². The predicted octanol–water partition coefficient (Wildman–Crippen LogP) is 0.469. The van der Waals surface area contributed by atoms with Gasteiger partial charge in [0.05, 0.1) is 12.9 Å². The number of rotatable bonds is 3. The number of carbonyl (C=O) groups excluding carboxylic acids is 1. The third kappa shape index (κ3) is 2.25. The minimum Gasteiger partial charge on any atom is -0.459 e. The smallest absolute Gasteiger partial charge is 0.287 e. The summed E-state index contributed by atoms with van der Waals surface area (Å²) in [5, 5.41) is 12.6. The molecule has 1 fully saturated rings. The second-order valence-corrected chi connectivity index (χ2v) is 4.14. The molecule has 0 saturated carbocycles. The molecule has 0 aromatic carbocycles. The summed E-state index contributed by atoms with van der Waals surface area (Å²) >= 11 is 0. The molecular formula is C11H15NO4. The summed E-state index contributed by atoms with van der Waals surface area (Å²) in [6, 6.07) is 1.72. The minimum atomic E-state index is -0.934. The van der Waals surface area contributed by atoms with Gasteiger partial charge in [-0.2, -0.15) is 0 Å². The van der Waals surface area contributed by atoms with Crippen LogP contribution in [0.25, 0.3) is 0 Å². The minimum absolute atomic E-state index is 0.186. The number of aliphatic hydroxyl groups is 1. The first-order chi connectivity index (χ1) is 7.61. The molecule has 1 saturated heterocycles. The molecule has 1 aliphatic rings. The van der Waals surface area contributed by atoms with Gasteiger partial charge >= 0.3 is 0 Å². The number of hydrogen-bond acceptors (Lipinski definition) is 4. The van der Waals surface area contributed by atoms with E-state index in [1.165, 1.54) is 6.26 Å². The van der Waals surface area contributed by atoms with Crippen molar-refractivity contribution < 1.29 is 19.1 Å². The Morgan fingerprint density at radius 1 is 1.69 bits per heavy atom. The Balaban J connectivity index is 1.91. The summed E-state index contributed by atoms with van der Waals surface area (Å²) in [6.45, 7) is 2.79. The highest BCUT2D eigenvalue weighted by Gasteiger charge is 2.32. The van der Waals surface area contributed by atoms with Crippen LogP contribution in [0.2, 0.25) is 0 Å². The van der Waals surface area contributed by atoms with Crippen LogP contribution in [-0.4, -0.2) is 36.4 Å². The summed E-state index contributed by atoms with van der Waals surface area (Å²) in [5.41, 5.74) is -0.150. The number of amides is 1. The monoisotopic (exact) mass is 225 g/mol. The molecular weight excluding hydrogens is 210 g/mol. The van der Waals surface area contributed by atoms with Gasteiger partial charge in [0, 0.05) is 25.1 Å². The molecule has 16 heavy (non-hydrogen) atoms. The lowest BCUT2D eigenvalue weighted by atomic mass is 10.0. The zero-order chi connectivity index (χ0) is 11.6. The second-order valence-electron chi connectivity index (χ2n) is 4.14. The van der Waals surface area contributed by atoms with E-state index in [0.717, 1.165) is 5.56 Å². The third-order valence-electron chi connectivity index (χ3n) is 2.73. The molecule has 1 amide bonds. The van der Waals surface area contributed by atoms with Gasteiger partial charge in [0.1, 0.15) is 5.60 Å². The molecule has 0 unspecified atom stereocenters. The summed E-state index contributed by atoms with van der Waals surface area (Å²) in [7, 11) is 0. The van der Waals surface area contributed by atoms with E-state index in [-0.39, 0.29) is 19.1 Å². The molecule has 5 nitrogen and oxygen atoms in total. The molecule has 1 atom stereocenters. The van der Waals surface area contributed by atoms with Crippen LogP contribution in [0.4, 0.5) is 0 Å². The van der Waals surface area contributed by atoms with Crippen molar-refractivity contribution in [2.75, 3.05) is 19.8 Å². The highest BCUT2D eigenvalue weighted by atomic mass is 16.5. The van der Waals surface area contributed by atoms with Crippen LogP contribution in [0, 0.1) is 6.92 Å². The summed E-state index contributed by atoms with van der Waals surface area (Å²) in [6.07, 6.45) is 2.02. The quantitative estimate of drug-likeness (QED) is 0.784. The van der Waals surface area contributed by atoms with Crippen molar-refractivity contribution in [1.29, 1.82) is 0 Å². The Bertz CT molecular complexity index is 379. The number of nitrogens with one attached hydrogen (secondary N) is 1. The average molecular weight is 225 g/mol. The summed E-state index contributed by atoms with van der Waals surface area (Å²) in [5.74, 6) is -0.00894. The number of carbonyl (C=O) groups is 1. The molecule has 0 spiro atoms. The first-order valence-electron chi connectivity index (χ1n) is 5.23. The van der Waals surface area contributed by atoms with Gasteiger partial charge in [-0.3, -0.25) is 4.79 Å². The molecule has 2 heterocycles. The lowest BCUT2D eigenvalue weighted by Gasteiger charge is -2.20. The van der Waals surface area contributed by atoms with Gasteiger partial charge in [-0.05, 0) is 13.0 Å². The van der Waals surface area contributed by atoms with E-state index in [1.54, 1.807) is 13.0 Å². The largest absolute Gasteiger partial charge is 0.459 e. The number of aryl methyl sites for hydroxylation is 1. The molecule has 1 aromatic heterocycles. The first kappa shape index (κ1) is 11.2. The second kappa shape index (κ2) is 4.27. The Kier molecular flexibility index (Phi) is 2.98. The molecule has 0 radical (unpaired) electrons. The van der Waals surface area contributed by atoms with Gasteiger partial charge in [-0.15, -0.1) is 0 Å². The Labute approximate surface area is 93.4 Å². The van der Waals surface area contributed by atoms with Crippen molar-refractivity contribution >= 4 is 5.91 Å². The van der Waals surface area contributed by atoms with Gasteiger partial charge in [-0.25, -0.2) is 0 Å². The Morgan fingerprint density at radius 2 is 2.50 bits per heavy atom. The van der Waals surface area contributed by atoms with E-state index in [9.17, 15) is 9.90 Å². The standard InChI is InChI=1S/C11H15NO4/c1-8-2-4-16-9(8)10(13)12-6-11(14)3-5-15-7-11/h2,4,14H,3,5-7H2,1H3,(H,12,13)/t11-/m0/s1. The molecule has 2 N–H and O–H groups in total. The molecule has 2 rings (SSSR count). The van der Waals surface area contributed by atoms with Crippen LogP contribution in [0.1, 0.15) is 22.5 Å². The Hall–Kier alpha value is -1.33. The zero-order valence-electron chi connectivity index (χ0n) is 9.16. The average Bonchev–Trinajstić information content (AvgIpc) is 2.85. The molecule has 0 bridgehead atoms. The van der Waals surface area contributed by atoms with E-state index in [2.05, 4.69) is 5.32 Å². The van der Waals surface area contributed by atoms with E-state index < -0.39 is 5.60 Å². The van der Waals surface area contributed by atoms with Crippen molar-refractivity contribution in [2.24, 2.45) is 0 Å². The zero-order valence-corrected chi connectivity index (χ0v) is 9.16. The van der Waals surface area contributed by atoms with Crippen molar-refractivity contribution in [3.63, 3.8) is 0 Å². The highest BCUT2D eigenvalue weighted by molar-refractivity contribution is 5.92. The molecule has 1 aliphatic heterocycles. The molecule has 5 heteroatoms. The number of ether oxygens (including phenoxy) is 1. The summed E-state index contributed by atoms with van der Waals surface area (Å²) in [4.78, 5) is 11.7. The maximum atomic E-state index is 11.7. The van der Waals surface area contributed by atoms with Crippen LogP contribution in [0.15, 0.2) is 16.7 Å². The predicted molar refractivity (Wildman–Crippen MR) is 56.2 cm³/mol. The van der Waals surface area contributed by atoms with Crippen LogP contribution in [0.3, 0.4) is 0 Å². The lowest BCUT2D eigenvalue weighted by molar-refractivity contribution is 0.0261. The fourth-order valence-electron chi connectivity index (χ4n) is 1.67. The van der Waals surface area contributed by atoms with Crippen molar-refractivity contribution in [3.8, 4) is 0 Å².